The van der Waals surface area contributed by atoms with Crippen LogP contribution in [0.2, 0.25) is 10.0 Å². The average Bonchev–Trinajstić information content (AvgIpc) is 3.80. The molecule has 0 radical (unpaired) electrons. The fourth-order valence-corrected chi connectivity index (χ4v) is 8.66. The summed E-state index contributed by atoms with van der Waals surface area (Å²) in [5.74, 6) is 0.175. The number of ether oxygens (including phenoxy) is 2. The number of hydrogen-bond donors (Lipinski definition) is 2. The summed E-state index contributed by atoms with van der Waals surface area (Å²) < 4.78 is 27.4. The molecule has 0 unspecified atom stereocenters. The van der Waals surface area contributed by atoms with Gasteiger partial charge in [0.2, 0.25) is 11.8 Å². The number of nitrogens with zero attached hydrogens (tertiary/aromatic N) is 5. The van der Waals surface area contributed by atoms with E-state index in [1.54, 1.807) is 55.6 Å². The first kappa shape index (κ1) is 41.2. The summed E-state index contributed by atoms with van der Waals surface area (Å²) in [6.07, 6.45) is 4.73. The minimum absolute atomic E-state index is 0.0383. The van der Waals surface area contributed by atoms with Crippen molar-refractivity contribution in [2.75, 3.05) is 45.2 Å². The number of hydrogen-bond acceptors (Lipinski definition) is 9. The second-order valence-electron chi connectivity index (χ2n) is 16.5. The molecule has 0 saturated carbocycles. The minimum Gasteiger partial charge on any atom is -0.496 e. The van der Waals surface area contributed by atoms with Crippen LogP contribution in [0.15, 0.2) is 60.9 Å². The van der Waals surface area contributed by atoms with Gasteiger partial charge in [-0.25, -0.2) is 14.2 Å². The monoisotopic (exact) mass is 831 g/mol. The van der Waals surface area contributed by atoms with Crippen molar-refractivity contribution in [3.63, 3.8) is 0 Å². The number of pyridine rings is 2. The molecule has 0 bridgehead atoms. The SMILES string of the molecule is COc1cc(-c2nccc(-c3cccc(Nc4nccc(CN5CC6(CCN(C(C)=O)C6)C5)c4F)c3Cl)c2Cl)ccc1CN(C[C@@H]1CCC(=O)N1)C(=O)OC(C)(C)C. The van der Waals surface area contributed by atoms with Crippen LogP contribution in [0, 0.1) is 11.2 Å². The van der Waals surface area contributed by atoms with Crippen LogP contribution in [0.3, 0.4) is 0 Å². The summed E-state index contributed by atoms with van der Waals surface area (Å²) in [4.78, 5) is 51.6. The second-order valence-corrected chi connectivity index (χ2v) is 17.2. The average molecular weight is 833 g/mol. The number of methoxy groups -OCH3 is 1. The number of carbonyl (C=O) groups excluding carboxylic acids is 3. The van der Waals surface area contributed by atoms with E-state index >= 15 is 4.39 Å². The maximum atomic E-state index is 15.9. The van der Waals surface area contributed by atoms with Crippen molar-refractivity contribution < 1.29 is 28.2 Å². The van der Waals surface area contributed by atoms with Crippen LogP contribution in [0.1, 0.15) is 58.1 Å². The molecular weight excluding hydrogens is 784 g/mol. The summed E-state index contributed by atoms with van der Waals surface area (Å²) in [5, 5.41) is 6.70. The number of amides is 3. The first-order valence-corrected chi connectivity index (χ1v) is 20.1. The van der Waals surface area contributed by atoms with Crippen molar-refractivity contribution in [3.05, 3.63) is 87.9 Å². The highest BCUT2D eigenvalue weighted by molar-refractivity contribution is 6.39. The molecule has 12 nitrogen and oxygen atoms in total. The molecule has 15 heteroatoms. The number of benzene rings is 2. The normalized spacial score (nSPS) is 17.6. The Balaban J connectivity index is 1.08. The molecule has 1 atom stereocenters. The third-order valence-corrected chi connectivity index (χ3v) is 11.7. The summed E-state index contributed by atoms with van der Waals surface area (Å²) in [6.45, 7) is 11.1. The van der Waals surface area contributed by atoms with Crippen LogP contribution in [-0.4, -0.2) is 94.1 Å². The zero-order valence-corrected chi connectivity index (χ0v) is 34.8. The predicted octanol–water partition coefficient (Wildman–Crippen LogP) is 8.08. The molecule has 2 aromatic heterocycles. The molecule has 3 fully saturated rings. The fourth-order valence-electron chi connectivity index (χ4n) is 8.07. The molecule has 1 spiro atoms. The Hall–Kier alpha value is -4.98. The number of anilines is 2. The largest absolute Gasteiger partial charge is 0.496 e. The lowest BCUT2D eigenvalue weighted by Crippen LogP contribution is -2.57. The number of rotatable bonds is 11. The molecule has 0 aliphatic carbocycles. The maximum absolute atomic E-state index is 15.9. The van der Waals surface area contributed by atoms with Crippen LogP contribution in [0.5, 0.6) is 5.75 Å². The Bertz CT molecular complexity index is 2230. The molecule has 306 valence electrons. The van der Waals surface area contributed by atoms with E-state index in [2.05, 4.69) is 25.5 Å². The van der Waals surface area contributed by atoms with E-state index < -0.39 is 17.5 Å². The molecule has 3 aliphatic rings. The Kier molecular flexibility index (Phi) is 11.9. The van der Waals surface area contributed by atoms with E-state index in [9.17, 15) is 14.4 Å². The molecule has 3 saturated heterocycles. The summed E-state index contributed by atoms with van der Waals surface area (Å²) in [6, 6.07) is 14.2. The molecule has 58 heavy (non-hydrogen) atoms. The summed E-state index contributed by atoms with van der Waals surface area (Å²) in [7, 11) is 1.55. The number of likely N-dealkylation sites (tertiary alicyclic amines) is 2. The Morgan fingerprint density at radius 2 is 1.79 bits per heavy atom. The first-order valence-electron chi connectivity index (χ1n) is 19.4. The Morgan fingerprint density at radius 1 is 1.03 bits per heavy atom. The van der Waals surface area contributed by atoms with Gasteiger partial charge in [-0.2, -0.15) is 0 Å². The maximum Gasteiger partial charge on any atom is 0.410 e. The minimum atomic E-state index is -0.706. The highest BCUT2D eigenvalue weighted by atomic mass is 35.5. The topological polar surface area (TPSA) is 129 Å². The molecule has 2 N–H and O–H groups in total. The van der Waals surface area contributed by atoms with Crippen molar-refractivity contribution in [2.45, 2.75) is 71.7 Å². The molecule has 3 amide bonds. The van der Waals surface area contributed by atoms with Gasteiger partial charge in [0, 0.05) is 104 Å². The van der Waals surface area contributed by atoms with Gasteiger partial charge >= 0.3 is 6.09 Å². The van der Waals surface area contributed by atoms with Crippen molar-refractivity contribution >= 4 is 52.6 Å². The zero-order valence-electron chi connectivity index (χ0n) is 33.3. The molecule has 2 aromatic carbocycles. The van der Waals surface area contributed by atoms with Crippen LogP contribution in [-0.2, 0) is 27.4 Å². The summed E-state index contributed by atoms with van der Waals surface area (Å²) >= 11 is 14.1. The van der Waals surface area contributed by atoms with Crippen LogP contribution in [0.25, 0.3) is 22.4 Å². The standard InChI is InChI=1S/C43H48Cl2FN7O5/c1-26(54)52-18-15-43(25-52)23-51(24-43)20-29-13-16-48-40(38(29)46)50-33-8-6-7-31(36(33)44)32-14-17-47-39(37(32)45)27-9-10-28(34(19-27)57-5)21-53(41(56)58-42(2,3)4)22-30-11-12-35(55)49-30/h6-10,13-14,16-17,19,30H,11-12,15,18,20-25H2,1-5H3,(H,48,50)(H,49,55)/t30-/m0/s1. The van der Waals surface area contributed by atoms with E-state index in [4.69, 9.17) is 32.7 Å². The highest BCUT2D eigenvalue weighted by Crippen LogP contribution is 2.43. The molecular formula is C43H48Cl2FN7O5. The third kappa shape index (κ3) is 9.01. The lowest BCUT2D eigenvalue weighted by atomic mass is 9.79. The van der Waals surface area contributed by atoms with Crippen molar-refractivity contribution in [2.24, 2.45) is 5.41 Å². The Labute approximate surface area is 348 Å². The van der Waals surface area contributed by atoms with Crippen molar-refractivity contribution in [1.29, 1.82) is 0 Å². The van der Waals surface area contributed by atoms with Gasteiger partial charge in [-0.1, -0.05) is 47.5 Å². The second kappa shape index (κ2) is 16.7. The molecule has 5 heterocycles. The van der Waals surface area contributed by atoms with Gasteiger partial charge in [-0.3, -0.25) is 19.5 Å². The predicted molar refractivity (Wildman–Crippen MR) is 222 cm³/mol. The van der Waals surface area contributed by atoms with E-state index in [0.717, 1.165) is 38.2 Å². The first-order chi connectivity index (χ1) is 27.6. The molecule has 7 rings (SSSR count). The smallest absolute Gasteiger partial charge is 0.410 e. The van der Waals surface area contributed by atoms with Gasteiger partial charge in [-0.05, 0) is 57.9 Å². The molecule has 3 aliphatic heterocycles. The van der Waals surface area contributed by atoms with Gasteiger partial charge in [0.15, 0.2) is 11.6 Å². The number of carbonyl (C=O) groups is 3. The number of halogens is 3. The zero-order chi connectivity index (χ0) is 41.4. The Morgan fingerprint density at radius 3 is 2.48 bits per heavy atom. The van der Waals surface area contributed by atoms with Gasteiger partial charge in [0.25, 0.3) is 0 Å². The lowest BCUT2D eigenvalue weighted by molar-refractivity contribution is -0.129. The van der Waals surface area contributed by atoms with Gasteiger partial charge in [0.1, 0.15) is 11.4 Å². The van der Waals surface area contributed by atoms with Gasteiger partial charge < -0.3 is 29.9 Å². The lowest BCUT2D eigenvalue weighted by Gasteiger charge is -2.48. The van der Waals surface area contributed by atoms with Crippen LogP contribution in [0.4, 0.5) is 20.7 Å². The highest BCUT2D eigenvalue weighted by Gasteiger charge is 2.48. The third-order valence-electron chi connectivity index (χ3n) is 10.9. The number of aromatic nitrogens is 2. The van der Waals surface area contributed by atoms with Gasteiger partial charge in [0.05, 0.1) is 35.1 Å². The van der Waals surface area contributed by atoms with Crippen LogP contribution < -0.4 is 15.4 Å². The summed E-state index contributed by atoms with van der Waals surface area (Å²) in [5.41, 5.74) is 3.46. The van der Waals surface area contributed by atoms with E-state index in [0.29, 0.717) is 68.8 Å². The van der Waals surface area contributed by atoms with E-state index in [1.165, 1.54) is 0 Å². The van der Waals surface area contributed by atoms with Crippen LogP contribution >= 0.6 is 23.2 Å². The number of nitrogens with one attached hydrogen (secondary N) is 2. The van der Waals surface area contributed by atoms with Gasteiger partial charge in [-0.15, -0.1) is 0 Å². The van der Waals surface area contributed by atoms with Crippen molar-refractivity contribution in [3.8, 4) is 28.1 Å². The fraction of sp³-hybridized carbons (Fsp3) is 0.419. The molecule has 4 aromatic rings. The van der Waals surface area contributed by atoms with E-state index in [1.807, 2.05) is 49.9 Å². The quantitative estimate of drug-likeness (QED) is 0.154. The van der Waals surface area contributed by atoms with Crippen molar-refractivity contribution in [1.82, 2.24) is 30.0 Å². The van der Waals surface area contributed by atoms with E-state index in [-0.39, 0.29) is 42.2 Å².